The molecule has 3 N–H and O–H groups in total. The summed E-state index contributed by atoms with van der Waals surface area (Å²) in [5, 5.41) is 10.1. The lowest BCUT2D eigenvalue weighted by molar-refractivity contribution is 0.0198. The molecule has 0 aliphatic heterocycles. The van der Waals surface area contributed by atoms with Crippen LogP contribution in [0.5, 0.6) is 0 Å². The molecule has 4 nitrogen and oxygen atoms in total. The van der Waals surface area contributed by atoms with Gasteiger partial charge < -0.3 is 15.6 Å². The average Bonchev–Trinajstić information content (AvgIpc) is 2.53. The van der Waals surface area contributed by atoms with Crippen molar-refractivity contribution in [3.63, 3.8) is 0 Å². The molecule has 0 heterocycles. The van der Waals surface area contributed by atoms with Crippen LogP contribution < -0.4 is 5.73 Å². The summed E-state index contributed by atoms with van der Waals surface area (Å²) in [5.74, 6) is -0.00412. The van der Waals surface area contributed by atoms with Crippen molar-refractivity contribution in [2.24, 2.45) is 5.73 Å². The Morgan fingerprint density at radius 2 is 2.17 bits per heavy atom. The molecular formula is C14H19NO3. The maximum atomic E-state index is 10.9. The number of amides is 1. The molecule has 2 atom stereocenters. The summed E-state index contributed by atoms with van der Waals surface area (Å²) in [7, 11) is 0. The fourth-order valence-electron chi connectivity index (χ4n) is 2.75. The second-order valence-corrected chi connectivity index (χ2v) is 5.46. The van der Waals surface area contributed by atoms with Gasteiger partial charge in [-0.25, -0.2) is 4.79 Å². The number of ether oxygens (including phenoxy) is 1. The molecule has 0 bridgehead atoms. The van der Waals surface area contributed by atoms with Crippen molar-refractivity contribution in [3.8, 4) is 0 Å². The van der Waals surface area contributed by atoms with E-state index in [0.29, 0.717) is 12.8 Å². The van der Waals surface area contributed by atoms with E-state index in [1.807, 2.05) is 38.1 Å². The maximum Gasteiger partial charge on any atom is 0.405 e. The highest BCUT2D eigenvalue weighted by Crippen LogP contribution is 2.39. The monoisotopic (exact) mass is 249 g/mol. The van der Waals surface area contributed by atoms with Crippen molar-refractivity contribution in [2.45, 2.75) is 44.3 Å². The summed E-state index contributed by atoms with van der Waals surface area (Å²) in [6.45, 7) is 3.62. The number of aliphatic hydroxyl groups is 1. The third kappa shape index (κ3) is 2.64. The van der Waals surface area contributed by atoms with Crippen LogP contribution in [0.25, 0.3) is 0 Å². The molecule has 0 unspecified atom stereocenters. The van der Waals surface area contributed by atoms with Crippen molar-refractivity contribution in [1.82, 2.24) is 0 Å². The molecule has 1 amide bonds. The Balaban J connectivity index is 2.17. The number of nitrogens with two attached hydrogens (primary N) is 1. The molecule has 1 aliphatic carbocycles. The summed E-state index contributed by atoms with van der Waals surface area (Å²) in [4.78, 5) is 10.9. The molecule has 1 aliphatic rings. The minimum absolute atomic E-state index is 0.00412. The zero-order valence-electron chi connectivity index (χ0n) is 10.7. The van der Waals surface area contributed by atoms with Gasteiger partial charge in [0.05, 0.1) is 6.10 Å². The van der Waals surface area contributed by atoms with Crippen LogP contribution >= 0.6 is 0 Å². The van der Waals surface area contributed by atoms with Crippen molar-refractivity contribution in [3.05, 3.63) is 35.4 Å². The topological polar surface area (TPSA) is 72.6 Å². The molecule has 1 aromatic rings. The molecule has 98 valence electrons. The molecule has 2 rings (SSSR count). The number of hydrogen-bond acceptors (Lipinski definition) is 3. The number of benzene rings is 1. The fraction of sp³-hybridized carbons (Fsp3) is 0.500. The van der Waals surface area contributed by atoms with E-state index in [9.17, 15) is 9.90 Å². The van der Waals surface area contributed by atoms with E-state index in [1.165, 1.54) is 5.56 Å². The van der Waals surface area contributed by atoms with Crippen LogP contribution in [-0.2, 0) is 11.2 Å². The number of primary amides is 1. The van der Waals surface area contributed by atoms with Gasteiger partial charge in [-0.3, -0.25) is 0 Å². The summed E-state index contributed by atoms with van der Waals surface area (Å²) in [5.41, 5.74) is 6.70. The van der Waals surface area contributed by atoms with E-state index in [0.717, 1.165) is 5.56 Å². The van der Waals surface area contributed by atoms with E-state index in [2.05, 4.69) is 0 Å². The SMILES string of the molecule is CC(C)(C[C@@H]1c2ccccc2C[C@H]1O)OC(N)=O. The highest BCUT2D eigenvalue weighted by atomic mass is 16.6. The Labute approximate surface area is 107 Å². The zero-order valence-corrected chi connectivity index (χ0v) is 10.7. The first-order valence-corrected chi connectivity index (χ1v) is 6.13. The van der Waals surface area contributed by atoms with Gasteiger partial charge in [0, 0.05) is 5.92 Å². The van der Waals surface area contributed by atoms with E-state index >= 15 is 0 Å². The first-order valence-electron chi connectivity index (χ1n) is 6.13. The summed E-state index contributed by atoms with van der Waals surface area (Å²) >= 11 is 0. The first kappa shape index (κ1) is 12.9. The third-order valence-corrected chi connectivity index (χ3v) is 3.44. The highest BCUT2D eigenvalue weighted by molar-refractivity contribution is 5.65. The van der Waals surface area contributed by atoms with E-state index in [-0.39, 0.29) is 5.92 Å². The number of rotatable bonds is 3. The van der Waals surface area contributed by atoms with Gasteiger partial charge in [0.2, 0.25) is 0 Å². The molecule has 0 saturated carbocycles. The maximum absolute atomic E-state index is 10.9. The Kier molecular flexibility index (Phi) is 3.30. The van der Waals surface area contributed by atoms with Crippen molar-refractivity contribution in [2.75, 3.05) is 0 Å². The fourth-order valence-corrected chi connectivity index (χ4v) is 2.75. The van der Waals surface area contributed by atoms with Crippen LogP contribution in [0.3, 0.4) is 0 Å². The van der Waals surface area contributed by atoms with Crippen LogP contribution in [0.15, 0.2) is 24.3 Å². The van der Waals surface area contributed by atoms with Gasteiger partial charge in [-0.05, 0) is 37.8 Å². The summed E-state index contributed by atoms with van der Waals surface area (Å²) in [6, 6.07) is 7.99. The number of hydrogen-bond donors (Lipinski definition) is 2. The van der Waals surface area contributed by atoms with Gasteiger partial charge in [-0.15, -0.1) is 0 Å². The van der Waals surface area contributed by atoms with E-state index in [4.69, 9.17) is 10.5 Å². The Hall–Kier alpha value is -1.55. The standard InChI is InChI=1S/C14H19NO3/c1-14(2,18-13(15)17)8-11-10-6-4-3-5-9(10)7-12(11)16/h3-6,11-12,16H,7-8H2,1-2H3,(H2,15,17)/t11-,12-/m1/s1. The van der Waals surface area contributed by atoms with Gasteiger partial charge in [0.15, 0.2) is 0 Å². The van der Waals surface area contributed by atoms with Crippen LogP contribution in [-0.4, -0.2) is 22.9 Å². The Morgan fingerprint density at radius 3 is 2.83 bits per heavy atom. The normalized spacial score (nSPS) is 22.6. The Bertz CT molecular complexity index is 456. The smallest absolute Gasteiger partial charge is 0.405 e. The predicted octanol–water partition coefficient (Wildman–Crippen LogP) is 1.95. The zero-order chi connectivity index (χ0) is 13.3. The molecule has 0 fully saturated rings. The molecule has 18 heavy (non-hydrogen) atoms. The molecule has 0 saturated heterocycles. The van der Waals surface area contributed by atoms with Crippen LogP contribution in [0.2, 0.25) is 0 Å². The number of carbonyl (C=O) groups excluding carboxylic acids is 1. The van der Waals surface area contributed by atoms with E-state index < -0.39 is 17.8 Å². The predicted molar refractivity (Wildman–Crippen MR) is 68.3 cm³/mol. The number of fused-ring (bicyclic) bond motifs is 1. The van der Waals surface area contributed by atoms with Crippen molar-refractivity contribution < 1.29 is 14.6 Å². The van der Waals surface area contributed by atoms with Crippen LogP contribution in [0.4, 0.5) is 4.79 Å². The molecule has 1 aromatic carbocycles. The Morgan fingerprint density at radius 1 is 1.50 bits per heavy atom. The third-order valence-electron chi connectivity index (χ3n) is 3.44. The molecule has 4 heteroatoms. The van der Waals surface area contributed by atoms with Gasteiger partial charge in [0.1, 0.15) is 5.60 Å². The molecular weight excluding hydrogens is 230 g/mol. The number of aliphatic hydroxyl groups excluding tert-OH is 1. The molecule has 0 spiro atoms. The summed E-state index contributed by atoms with van der Waals surface area (Å²) in [6.07, 6.45) is 0.0284. The lowest BCUT2D eigenvalue weighted by Crippen LogP contribution is -2.34. The molecule has 0 radical (unpaired) electrons. The van der Waals surface area contributed by atoms with E-state index in [1.54, 1.807) is 0 Å². The first-order chi connectivity index (χ1) is 8.39. The van der Waals surface area contributed by atoms with Crippen molar-refractivity contribution >= 4 is 6.09 Å². The largest absolute Gasteiger partial charge is 0.444 e. The quantitative estimate of drug-likeness (QED) is 0.860. The second-order valence-electron chi connectivity index (χ2n) is 5.46. The molecule has 0 aromatic heterocycles. The lowest BCUT2D eigenvalue weighted by atomic mass is 9.88. The van der Waals surface area contributed by atoms with Crippen LogP contribution in [0.1, 0.15) is 37.3 Å². The van der Waals surface area contributed by atoms with Crippen LogP contribution in [0, 0.1) is 0 Å². The summed E-state index contributed by atoms with van der Waals surface area (Å²) < 4.78 is 5.09. The minimum atomic E-state index is -0.777. The second kappa shape index (κ2) is 4.61. The van der Waals surface area contributed by atoms with Gasteiger partial charge >= 0.3 is 6.09 Å². The highest BCUT2D eigenvalue weighted by Gasteiger charge is 2.36. The number of carbonyl (C=O) groups is 1. The van der Waals surface area contributed by atoms with Gasteiger partial charge in [-0.2, -0.15) is 0 Å². The van der Waals surface area contributed by atoms with Crippen molar-refractivity contribution in [1.29, 1.82) is 0 Å². The minimum Gasteiger partial charge on any atom is -0.444 e. The van der Waals surface area contributed by atoms with Gasteiger partial charge in [-0.1, -0.05) is 24.3 Å². The van der Waals surface area contributed by atoms with Gasteiger partial charge in [0.25, 0.3) is 0 Å². The average molecular weight is 249 g/mol. The lowest BCUT2D eigenvalue weighted by Gasteiger charge is -2.29.